The summed E-state index contributed by atoms with van der Waals surface area (Å²) in [7, 11) is 0. The van der Waals surface area contributed by atoms with Crippen LogP contribution in [0.2, 0.25) is 0 Å². The van der Waals surface area contributed by atoms with E-state index in [0.717, 1.165) is 11.0 Å². The average Bonchev–Trinajstić information content (AvgIpc) is 2.88. The van der Waals surface area contributed by atoms with Gasteiger partial charge in [-0.15, -0.1) is 0 Å². The Hall–Kier alpha value is -2.93. The molecule has 3 rings (SSSR count). The van der Waals surface area contributed by atoms with Crippen molar-refractivity contribution in [3.05, 3.63) is 65.7 Å². The molecule has 0 unspecified atom stereocenters. The molecule has 0 amide bonds. The second-order valence-electron chi connectivity index (χ2n) is 4.33. The van der Waals surface area contributed by atoms with Crippen LogP contribution in [0, 0.1) is 17.1 Å². The summed E-state index contributed by atoms with van der Waals surface area (Å²) in [6, 6.07) is 15.7. The third kappa shape index (κ3) is 2.29. The number of halogens is 1. The molecule has 0 saturated heterocycles. The topological polar surface area (TPSA) is 52.5 Å². The summed E-state index contributed by atoms with van der Waals surface area (Å²) in [4.78, 5) is 7.45. The minimum Gasteiger partial charge on any atom is -0.337 e. The summed E-state index contributed by atoms with van der Waals surface area (Å²) in [6.07, 6.45) is 1.61. The number of imidazole rings is 1. The molecule has 20 heavy (non-hydrogen) atoms. The third-order valence-corrected chi connectivity index (χ3v) is 2.92. The molecule has 4 heteroatoms. The standard InChI is InChI=1S/C16H10FN3/c17-13-5-3-4-11(9-13)8-12(10-18)16-19-14-6-1-2-7-15(14)20-16/h1-9H,(H,19,20)/b12-8-. The number of nitrogens with zero attached hydrogens (tertiary/aromatic N) is 2. The predicted octanol–water partition coefficient (Wildman–Crippen LogP) is 3.77. The third-order valence-electron chi connectivity index (χ3n) is 2.92. The number of benzene rings is 2. The van der Waals surface area contributed by atoms with Gasteiger partial charge in [0.2, 0.25) is 0 Å². The predicted molar refractivity (Wildman–Crippen MR) is 76.0 cm³/mol. The zero-order chi connectivity index (χ0) is 13.9. The highest BCUT2D eigenvalue weighted by Crippen LogP contribution is 2.19. The van der Waals surface area contributed by atoms with E-state index >= 15 is 0 Å². The van der Waals surface area contributed by atoms with Crippen molar-refractivity contribution in [2.75, 3.05) is 0 Å². The molecule has 0 radical (unpaired) electrons. The van der Waals surface area contributed by atoms with Gasteiger partial charge in [-0.1, -0.05) is 24.3 Å². The number of allylic oxidation sites excluding steroid dienone is 1. The van der Waals surface area contributed by atoms with Gasteiger partial charge in [0.15, 0.2) is 0 Å². The quantitative estimate of drug-likeness (QED) is 0.715. The van der Waals surface area contributed by atoms with Gasteiger partial charge >= 0.3 is 0 Å². The number of nitrogens with one attached hydrogen (secondary N) is 1. The number of hydrogen-bond donors (Lipinski definition) is 1. The van der Waals surface area contributed by atoms with Crippen LogP contribution in [0.15, 0.2) is 48.5 Å². The lowest BCUT2D eigenvalue weighted by atomic mass is 10.1. The molecule has 0 aliphatic heterocycles. The Morgan fingerprint density at radius 2 is 2.05 bits per heavy atom. The van der Waals surface area contributed by atoms with Crippen LogP contribution in [0.25, 0.3) is 22.7 Å². The first-order valence-electron chi connectivity index (χ1n) is 6.09. The maximum atomic E-state index is 13.2. The van der Waals surface area contributed by atoms with Crippen LogP contribution in [-0.4, -0.2) is 9.97 Å². The Bertz CT molecular complexity index is 807. The van der Waals surface area contributed by atoms with E-state index in [1.54, 1.807) is 18.2 Å². The first kappa shape index (κ1) is 12.1. The smallest absolute Gasteiger partial charge is 0.149 e. The summed E-state index contributed by atoms with van der Waals surface area (Å²) in [5.41, 5.74) is 2.65. The molecule has 0 atom stereocenters. The van der Waals surface area contributed by atoms with E-state index in [2.05, 4.69) is 16.0 Å². The van der Waals surface area contributed by atoms with Crippen LogP contribution in [0.3, 0.4) is 0 Å². The highest BCUT2D eigenvalue weighted by atomic mass is 19.1. The van der Waals surface area contributed by atoms with Crippen LogP contribution in [0.1, 0.15) is 11.4 Å². The zero-order valence-corrected chi connectivity index (χ0v) is 10.5. The van der Waals surface area contributed by atoms with Crippen LogP contribution >= 0.6 is 0 Å². The maximum absolute atomic E-state index is 13.2. The van der Waals surface area contributed by atoms with Crippen molar-refractivity contribution in [1.82, 2.24) is 9.97 Å². The summed E-state index contributed by atoms with van der Waals surface area (Å²) in [6.45, 7) is 0. The van der Waals surface area contributed by atoms with E-state index in [0.29, 0.717) is 17.0 Å². The largest absolute Gasteiger partial charge is 0.337 e. The second-order valence-corrected chi connectivity index (χ2v) is 4.33. The fourth-order valence-corrected chi connectivity index (χ4v) is 2.00. The highest BCUT2D eigenvalue weighted by molar-refractivity contribution is 5.90. The lowest BCUT2D eigenvalue weighted by molar-refractivity contribution is 0.627. The van der Waals surface area contributed by atoms with Gasteiger partial charge in [0, 0.05) is 0 Å². The van der Waals surface area contributed by atoms with Crippen LogP contribution < -0.4 is 0 Å². The number of nitriles is 1. The minimum atomic E-state index is -0.333. The van der Waals surface area contributed by atoms with Crippen molar-refractivity contribution in [3.8, 4) is 6.07 Å². The van der Waals surface area contributed by atoms with Gasteiger partial charge in [-0.3, -0.25) is 0 Å². The highest BCUT2D eigenvalue weighted by Gasteiger charge is 2.07. The zero-order valence-electron chi connectivity index (χ0n) is 10.5. The molecule has 0 saturated carbocycles. The van der Waals surface area contributed by atoms with Gasteiger partial charge in [0.1, 0.15) is 17.7 Å². The van der Waals surface area contributed by atoms with Gasteiger partial charge in [-0.25, -0.2) is 9.37 Å². The molecule has 1 aromatic heterocycles. The van der Waals surface area contributed by atoms with Crippen LogP contribution in [-0.2, 0) is 0 Å². The van der Waals surface area contributed by atoms with Crippen molar-refractivity contribution >= 4 is 22.7 Å². The van der Waals surface area contributed by atoms with E-state index in [4.69, 9.17) is 0 Å². The molecule has 1 N–H and O–H groups in total. The number of para-hydroxylation sites is 2. The Morgan fingerprint density at radius 1 is 1.20 bits per heavy atom. The minimum absolute atomic E-state index is 0.333. The van der Waals surface area contributed by atoms with Gasteiger partial charge < -0.3 is 4.98 Å². The fourth-order valence-electron chi connectivity index (χ4n) is 2.00. The van der Waals surface area contributed by atoms with Crippen molar-refractivity contribution in [1.29, 1.82) is 5.26 Å². The first-order valence-corrected chi connectivity index (χ1v) is 6.09. The van der Waals surface area contributed by atoms with Crippen LogP contribution in [0.4, 0.5) is 4.39 Å². The molecule has 0 bridgehead atoms. The van der Waals surface area contributed by atoms with Crippen molar-refractivity contribution in [3.63, 3.8) is 0 Å². The number of H-pyrrole nitrogens is 1. The molecule has 2 aromatic carbocycles. The summed E-state index contributed by atoms with van der Waals surface area (Å²) >= 11 is 0. The van der Waals surface area contributed by atoms with Crippen molar-refractivity contribution < 1.29 is 4.39 Å². The summed E-state index contributed by atoms with van der Waals surface area (Å²) in [5, 5.41) is 9.26. The monoisotopic (exact) mass is 263 g/mol. The molecule has 3 nitrogen and oxygen atoms in total. The number of aromatic nitrogens is 2. The lowest BCUT2D eigenvalue weighted by Crippen LogP contribution is -1.85. The summed E-state index contributed by atoms with van der Waals surface area (Å²) < 4.78 is 13.2. The van der Waals surface area contributed by atoms with Gasteiger partial charge in [-0.2, -0.15) is 5.26 Å². The fraction of sp³-hybridized carbons (Fsp3) is 0. The van der Waals surface area contributed by atoms with Gasteiger partial charge in [-0.05, 0) is 35.9 Å². The summed E-state index contributed by atoms with van der Waals surface area (Å²) in [5.74, 6) is 0.151. The Morgan fingerprint density at radius 3 is 2.80 bits per heavy atom. The van der Waals surface area contributed by atoms with E-state index in [1.807, 2.05) is 24.3 Å². The normalized spacial score (nSPS) is 11.5. The molecule has 0 fully saturated rings. The molecule has 96 valence electrons. The van der Waals surface area contributed by atoms with Gasteiger partial charge in [0.05, 0.1) is 16.6 Å². The van der Waals surface area contributed by atoms with Crippen molar-refractivity contribution in [2.24, 2.45) is 0 Å². The number of fused-ring (bicyclic) bond motifs is 1. The molecule has 0 spiro atoms. The van der Waals surface area contributed by atoms with Crippen molar-refractivity contribution in [2.45, 2.75) is 0 Å². The van der Waals surface area contributed by atoms with Gasteiger partial charge in [0.25, 0.3) is 0 Å². The van der Waals surface area contributed by atoms with Crippen LogP contribution in [0.5, 0.6) is 0 Å². The SMILES string of the molecule is N#C/C(=C/c1cccc(F)c1)c1nc2ccccc2[nH]1. The average molecular weight is 263 g/mol. The first-order chi connectivity index (χ1) is 9.76. The maximum Gasteiger partial charge on any atom is 0.149 e. The Labute approximate surface area is 115 Å². The molecule has 3 aromatic rings. The molecular formula is C16H10FN3. The lowest BCUT2D eigenvalue weighted by Gasteiger charge is -1.96. The number of aromatic amines is 1. The van der Waals surface area contributed by atoms with E-state index in [9.17, 15) is 9.65 Å². The molecular weight excluding hydrogens is 253 g/mol. The molecule has 0 aliphatic rings. The van der Waals surface area contributed by atoms with E-state index in [1.165, 1.54) is 12.1 Å². The second kappa shape index (κ2) is 4.98. The van der Waals surface area contributed by atoms with E-state index < -0.39 is 0 Å². The van der Waals surface area contributed by atoms with E-state index in [-0.39, 0.29) is 5.82 Å². The Balaban J connectivity index is 2.07. The Kier molecular flexibility index (Phi) is 3.02. The molecule has 0 aliphatic carbocycles. The number of hydrogen-bond acceptors (Lipinski definition) is 2. The molecule has 1 heterocycles. The number of rotatable bonds is 2.